The number of carbonyl (C=O) groups is 2. The molecule has 7 nitrogen and oxygen atoms in total. The van der Waals surface area contributed by atoms with E-state index >= 15 is 0 Å². The Morgan fingerprint density at radius 2 is 1.52 bits per heavy atom. The smallest absolute Gasteiger partial charge is 0.295 e. The average molecular weight is 544 g/mol. The molecule has 40 heavy (non-hydrogen) atoms. The van der Waals surface area contributed by atoms with Crippen LogP contribution in [0.5, 0.6) is 17.2 Å². The van der Waals surface area contributed by atoms with Gasteiger partial charge in [-0.2, -0.15) is 0 Å². The van der Waals surface area contributed by atoms with E-state index in [9.17, 15) is 14.7 Å². The number of ketones is 1. The van der Waals surface area contributed by atoms with Gasteiger partial charge in [-0.3, -0.25) is 9.59 Å². The number of aliphatic hydroxyl groups is 1. The molecule has 1 saturated heterocycles. The lowest BCUT2D eigenvalue weighted by atomic mass is 9.85. The van der Waals surface area contributed by atoms with Crippen LogP contribution in [0.2, 0.25) is 0 Å². The predicted molar refractivity (Wildman–Crippen MR) is 155 cm³/mol. The van der Waals surface area contributed by atoms with Crippen LogP contribution in [-0.4, -0.2) is 42.0 Å². The van der Waals surface area contributed by atoms with Crippen LogP contribution in [-0.2, 0) is 21.5 Å². The second kappa shape index (κ2) is 11.5. The molecule has 0 saturated carbocycles. The summed E-state index contributed by atoms with van der Waals surface area (Å²) in [5, 5.41) is 11.7. The standard InChI is InChI=1S/C33H37NO6/c1-20(2)40-25-13-8-21(9-14-25)19-34-29(22-10-15-24(38-6)16-11-22)28(31(36)32(34)37)30(35)26-18-23(33(3,4)5)12-17-27(26)39-7/h8-18,20,29,35H,19H2,1-7H3/b30-28+. The van der Waals surface area contributed by atoms with Crippen LogP contribution < -0.4 is 14.2 Å². The van der Waals surface area contributed by atoms with Crippen molar-refractivity contribution in [3.63, 3.8) is 0 Å². The van der Waals surface area contributed by atoms with Gasteiger partial charge in [0, 0.05) is 6.54 Å². The highest BCUT2D eigenvalue weighted by Crippen LogP contribution is 2.43. The number of benzene rings is 3. The molecule has 1 fully saturated rings. The topological polar surface area (TPSA) is 85.3 Å². The Hall–Kier alpha value is -4.26. The minimum atomic E-state index is -0.819. The fourth-order valence-electron chi connectivity index (χ4n) is 4.82. The summed E-state index contributed by atoms with van der Waals surface area (Å²) in [5.74, 6) is 0.0626. The van der Waals surface area contributed by atoms with E-state index < -0.39 is 17.7 Å². The van der Waals surface area contributed by atoms with Crippen LogP contribution in [0.15, 0.2) is 72.3 Å². The molecule has 0 aliphatic carbocycles. The van der Waals surface area contributed by atoms with Crippen LogP contribution in [0, 0.1) is 0 Å². The zero-order valence-corrected chi connectivity index (χ0v) is 24.1. The molecule has 3 aromatic rings. The number of nitrogens with zero attached hydrogens (tertiary/aromatic N) is 1. The fourth-order valence-corrected chi connectivity index (χ4v) is 4.82. The van der Waals surface area contributed by atoms with Gasteiger partial charge in [-0.25, -0.2) is 0 Å². The van der Waals surface area contributed by atoms with E-state index in [0.29, 0.717) is 22.6 Å². The molecular formula is C33H37NO6. The monoisotopic (exact) mass is 543 g/mol. The molecule has 1 heterocycles. The second-order valence-corrected chi connectivity index (χ2v) is 11.2. The number of rotatable bonds is 8. The quantitative estimate of drug-likeness (QED) is 0.201. The normalized spacial score (nSPS) is 16.9. The molecule has 0 radical (unpaired) electrons. The molecule has 0 bridgehead atoms. The molecule has 1 atom stereocenters. The highest BCUT2D eigenvalue weighted by Gasteiger charge is 2.46. The Labute approximate surface area is 236 Å². The van der Waals surface area contributed by atoms with E-state index in [1.54, 1.807) is 37.4 Å². The van der Waals surface area contributed by atoms with E-state index in [4.69, 9.17) is 14.2 Å². The van der Waals surface area contributed by atoms with Crippen LogP contribution in [0.3, 0.4) is 0 Å². The first-order valence-corrected chi connectivity index (χ1v) is 13.3. The van der Waals surface area contributed by atoms with Crippen molar-refractivity contribution in [3.05, 3.63) is 94.6 Å². The third-order valence-corrected chi connectivity index (χ3v) is 6.94. The molecule has 7 heteroatoms. The number of methoxy groups -OCH3 is 2. The predicted octanol–water partition coefficient (Wildman–Crippen LogP) is 6.41. The lowest BCUT2D eigenvalue weighted by molar-refractivity contribution is -0.140. The summed E-state index contributed by atoms with van der Waals surface area (Å²) in [6.45, 7) is 10.3. The number of amides is 1. The number of carbonyl (C=O) groups excluding carboxylic acids is 2. The van der Waals surface area contributed by atoms with Crippen molar-refractivity contribution in [1.29, 1.82) is 0 Å². The van der Waals surface area contributed by atoms with Gasteiger partial charge in [0.15, 0.2) is 0 Å². The van der Waals surface area contributed by atoms with E-state index in [1.807, 2.05) is 50.2 Å². The molecular weight excluding hydrogens is 506 g/mol. The van der Waals surface area contributed by atoms with E-state index in [0.717, 1.165) is 16.9 Å². The van der Waals surface area contributed by atoms with Gasteiger partial charge in [0.05, 0.1) is 37.5 Å². The van der Waals surface area contributed by atoms with Crippen LogP contribution in [0.25, 0.3) is 5.76 Å². The SMILES string of the molecule is COc1ccc(C2/C(=C(\O)c3cc(C(C)(C)C)ccc3OC)C(=O)C(=O)N2Cc2ccc(OC(C)C)cc2)cc1. The maximum absolute atomic E-state index is 13.6. The Balaban J connectivity index is 1.85. The van der Waals surface area contributed by atoms with E-state index in [1.165, 1.54) is 12.0 Å². The van der Waals surface area contributed by atoms with Crippen molar-refractivity contribution >= 4 is 17.4 Å². The van der Waals surface area contributed by atoms with Crippen molar-refractivity contribution in [2.75, 3.05) is 14.2 Å². The summed E-state index contributed by atoms with van der Waals surface area (Å²) >= 11 is 0. The maximum Gasteiger partial charge on any atom is 0.295 e. The summed E-state index contributed by atoms with van der Waals surface area (Å²) in [6, 6.07) is 19.3. The Kier molecular flexibility index (Phi) is 8.24. The third kappa shape index (κ3) is 5.83. The molecule has 1 unspecified atom stereocenters. The van der Waals surface area contributed by atoms with Crippen molar-refractivity contribution in [2.45, 2.75) is 58.7 Å². The summed E-state index contributed by atoms with van der Waals surface area (Å²) < 4.78 is 16.6. The van der Waals surface area contributed by atoms with Crippen LogP contribution >= 0.6 is 0 Å². The third-order valence-electron chi connectivity index (χ3n) is 6.94. The molecule has 1 aliphatic rings. The average Bonchev–Trinajstić information content (AvgIpc) is 3.17. The molecule has 1 amide bonds. The number of aliphatic hydroxyl groups excluding tert-OH is 1. The second-order valence-electron chi connectivity index (χ2n) is 11.2. The number of hydrogen-bond acceptors (Lipinski definition) is 6. The minimum Gasteiger partial charge on any atom is -0.507 e. The zero-order valence-electron chi connectivity index (χ0n) is 24.1. The summed E-state index contributed by atoms with van der Waals surface area (Å²) in [4.78, 5) is 28.6. The molecule has 1 N–H and O–H groups in total. The highest BCUT2D eigenvalue weighted by atomic mass is 16.5. The molecule has 4 rings (SSSR count). The first-order chi connectivity index (χ1) is 18.9. The van der Waals surface area contributed by atoms with Gasteiger partial charge in [-0.1, -0.05) is 51.1 Å². The summed E-state index contributed by atoms with van der Waals surface area (Å²) in [6.07, 6.45) is 0.0348. The van der Waals surface area contributed by atoms with E-state index in [2.05, 4.69) is 20.8 Å². The maximum atomic E-state index is 13.6. The first kappa shape index (κ1) is 28.7. The van der Waals surface area contributed by atoms with Crippen LogP contribution in [0.1, 0.15) is 62.9 Å². The molecule has 0 spiro atoms. The highest BCUT2D eigenvalue weighted by molar-refractivity contribution is 6.46. The van der Waals surface area contributed by atoms with Gasteiger partial charge in [0.2, 0.25) is 0 Å². The van der Waals surface area contributed by atoms with Gasteiger partial charge in [0.25, 0.3) is 11.7 Å². The largest absolute Gasteiger partial charge is 0.507 e. The van der Waals surface area contributed by atoms with Crippen molar-refractivity contribution in [3.8, 4) is 17.2 Å². The molecule has 0 aromatic heterocycles. The Bertz CT molecular complexity index is 1410. The molecule has 3 aromatic carbocycles. The number of Topliss-reactive ketones (excluding diaryl/α,β-unsaturated/α-hetero) is 1. The van der Waals surface area contributed by atoms with Crippen molar-refractivity contribution in [2.24, 2.45) is 0 Å². The summed E-state index contributed by atoms with van der Waals surface area (Å²) in [7, 11) is 3.08. The van der Waals surface area contributed by atoms with Crippen molar-refractivity contribution in [1.82, 2.24) is 4.90 Å². The first-order valence-electron chi connectivity index (χ1n) is 13.3. The van der Waals surface area contributed by atoms with Gasteiger partial charge >= 0.3 is 0 Å². The lowest BCUT2D eigenvalue weighted by Crippen LogP contribution is -2.29. The molecule has 210 valence electrons. The summed E-state index contributed by atoms with van der Waals surface area (Å²) in [5.41, 5.74) is 2.61. The Morgan fingerprint density at radius 3 is 2.08 bits per heavy atom. The number of likely N-dealkylation sites (tertiary alicyclic amines) is 1. The minimum absolute atomic E-state index is 0.0132. The van der Waals surface area contributed by atoms with Gasteiger partial charge in [0.1, 0.15) is 23.0 Å². The fraction of sp³-hybridized carbons (Fsp3) is 0.333. The number of ether oxygens (including phenoxy) is 3. The van der Waals surface area contributed by atoms with Gasteiger partial charge < -0.3 is 24.2 Å². The lowest BCUT2D eigenvalue weighted by Gasteiger charge is -2.26. The van der Waals surface area contributed by atoms with Gasteiger partial charge in [-0.05, 0) is 72.4 Å². The Morgan fingerprint density at radius 1 is 0.900 bits per heavy atom. The van der Waals surface area contributed by atoms with Gasteiger partial charge in [-0.15, -0.1) is 0 Å². The number of hydrogen-bond donors (Lipinski definition) is 1. The molecule has 1 aliphatic heterocycles. The van der Waals surface area contributed by atoms with E-state index in [-0.39, 0.29) is 29.4 Å². The van der Waals surface area contributed by atoms with Crippen molar-refractivity contribution < 1.29 is 28.9 Å². The zero-order chi connectivity index (χ0) is 29.2. The van der Waals surface area contributed by atoms with Crippen LogP contribution in [0.4, 0.5) is 0 Å².